The highest BCUT2D eigenvalue weighted by atomic mass is 32.2. The van der Waals surface area contributed by atoms with E-state index in [0.29, 0.717) is 13.1 Å². The van der Waals surface area contributed by atoms with E-state index in [2.05, 4.69) is 15.1 Å². The molecule has 0 saturated carbocycles. The van der Waals surface area contributed by atoms with Crippen LogP contribution in [0.15, 0.2) is 30.7 Å². The molecule has 0 N–H and O–H groups in total. The van der Waals surface area contributed by atoms with E-state index in [-0.39, 0.29) is 18.7 Å². The Labute approximate surface area is 135 Å². The molecule has 0 unspecified atom stereocenters. The molecule has 9 heteroatoms. The third-order valence-corrected chi connectivity index (χ3v) is 5.94. The van der Waals surface area contributed by atoms with Crippen molar-refractivity contribution in [2.75, 3.05) is 13.2 Å². The Kier molecular flexibility index (Phi) is 4.31. The van der Waals surface area contributed by atoms with Gasteiger partial charge in [0.2, 0.25) is 10.0 Å². The first kappa shape index (κ1) is 15.9. The summed E-state index contributed by atoms with van der Waals surface area (Å²) in [6, 6.07) is 3.58. The van der Waals surface area contributed by atoms with Crippen molar-refractivity contribution in [3.8, 4) is 6.01 Å². The molecule has 1 atom stereocenters. The molecule has 1 aliphatic rings. The first-order valence-corrected chi connectivity index (χ1v) is 8.90. The molecule has 3 rings (SSSR count). The van der Waals surface area contributed by atoms with Crippen LogP contribution >= 0.6 is 0 Å². The van der Waals surface area contributed by atoms with Gasteiger partial charge >= 0.3 is 6.01 Å². The van der Waals surface area contributed by atoms with E-state index in [0.717, 1.165) is 5.69 Å². The Balaban J connectivity index is 1.79. The zero-order valence-corrected chi connectivity index (χ0v) is 13.8. The van der Waals surface area contributed by atoms with Gasteiger partial charge in [-0.15, -0.1) is 0 Å². The number of ether oxygens (including phenoxy) is 1. The average molecular weight is 337 g/mol. The molecule has 0 aromatic carbocycles. The lowest BCUT2D eigenvalue weighted by molar-refractivity contribution is 0.173. The number of fused-ring (bicyclic) bond motifs is 1. The summed E-state index contributed by atoms with van der Waals surface area (Å²) in [6.45, 7) is 4.28. The summed E-state index contributed by atoms with van der Waals surface area (Å²) in [7, 11) is -3.33. The van der Waals surface area contributed by atoms with Gasteiger partial charge in [0, 0.05) is 25.1 Å². The van der Waals surface area contributed by atoms with Gasteiger partial charge < -0.3 is 4.74 Å². The van der Waals surface area contributed by atoms with E-state index >= 15 is 0 Å². The number of hydrogen-bond donors (Lipinski definition) is 0. The van der Waals surface area contributed by atoms with Gasteiger partial charge in [0.15, 0.2) is 0 Å². The molecule has 0 amide bonds. The van der Waals surface area contributed by atoms with Crippen molar-refractivity contribution in [3.05, 3.63) is 36.4 Å². The lowest BCUT2D eigenvalue weighted by Crippen LogP contribution is -2.45. The minimum atomic E-state index is -3.33. The highest BCUT2D eigenvalue weighted by molar-refractivity contribution is 7.89. The number of nitrogens with zero attached hydrogens (tertiary/aromatic N) is 5. The summed E-state index contributed by atoms with van der Waals surface area (Å²) < 4.78 is 33.8. The van der Waals surface area contributed by atoms with Crippen LogP contribution in [-0.2, 0) is 16.6 Å². The van der Waals surface area contributed by atoms with Crippen molar-refractivity contribution in [3.63, 3.8) is 0 Å². The average Bonchev–Trinajstić information content (AvgIpc) is 3.02. The standard InChI is InChI=1S/C14H19N5O3S/c1-11(2)23(20,21)18-8-12-4-7-17-19(12)13(9-18)10-22-14-15-5-3-6-16-14/h3-7,11,13H,8-10H2,1-2H3/t13-/m0/s1. The van der Waals surface area contributed by atoms with E-state index in [4.69, 9.17) is 4.74 Å². The fourth-order valence-corrected chi connectivity index (χ4v) is 3.79. The minimum Gasteiger partial charge on any atom is -0.461 e. The highest BCUT2D eigenvalue weighted by Crippen LogP contribution is 2.24. The van der Waals surface area contributed by atoms with Gasteiger partial charge in [-0.05, 0) is 26.0 Å². The van der Waals surface area contributed by atoms with Gasteiger partial charge in [0.25, 0.3) is 0 Å². The third-order valence-electron chi connectivity index (χ3n) is 3.75. The van der Waals surface area contributed by atoms with Crippen LogP contribution in [0, 0.1) is 0 Å². The van der Waals surface area contributed by atoms with Crippen LogP contribution in [0.2, 0.25) is 0 Å². The van der Waals surface area contributed by atoms with E-state index < -0.39 is 15.3 Å². The van der Waals surface area contributed by atoms with E-state index in [1.54, 1.807) is 38.5 Å². The Morgan fingerprint density at radius 1 is 1.30 bits per heavy atom. The van der Waals surface area contributed by atoms with Gasteiger partial charge in [0.1, 0.15) is 12.6 Å². The molecular weight excluding hydrogens is 318 g/mol. The molecule has 2 aromatic heterocycles. The molecule has 0 radical (unpaired) electrons. The fraction of sp³-hybridized carbons (Fsp3) is 0.500. The second-order valence-corrected chi connectivity index (χ2v) is 8.14. The second kappa shape index (κ2) is 6.25. The van der Waals surface area contributed by atoms with Gasteiger partial charge in [0.05, 0.1) is 17.5 Å². The molecule has 8 nitrogen and oxygen atoms in total. The zero-order chi connectivity index (χ0) is 16.4. The van der Waals surface area contributed by atoms with Gasteiger partial charge in [-0.3, -0.25) is 4.68 Å². The van der Waals surface area contributed by atoms with Crippen LogP contribution in [0.3, 0.4) is 0 Å². The molecule has 3 heterocycles. The van der Waals surface area contributed by atoms with Gasteiger partial charge in [-0.2, -0.15) is 9.40 Å². The van der Waals surface area contributed by atoms with Crippen molar-refractivity contribution < 1.29 is 13.2 Å². The maximum Gasteiger partial charge on any atom is 0.316 e. The number of hydrogen-bond acceptors (Lipinski definition) is 6. The molecule has 2 aromatic rings. The molecule has 0 aliphatic carbocycles. The van der Waals surface area contributed by atoms with E-state index in [1.807, 2.05) is 10.7 Å². The molecule has 0 fully saturated rings. The van der Waals surface area contributed by atoms with Crippen LogP contribution < -0.4 is 4.74 Å². The maximum absolute atomic E-state index is 12.5. The predicted octanol–water partition coefficient (Wildman–Crippen LogP) is 0.847. The SMILES string of the molecule is CC(C)S(=O)(=O)N1Cc2ccnn2[C@H](COc2ncccn2)C1. The van der Waals surface area contributed by atoms with Crippen LogP contribution in [-0.4, -0.2) is 50.9 Å². The Morgan fingerprint density at radius 2 is 2.04 bits per heavy atom. The summed E-state index contributed by atoms with van der Waals surface area (Å²) in [5.74, 6) is 0. The van der Waals surface area contributed by atoms with Crippen LogP contribution in [0.25, 0.3) is 0 Å². The Morgan fingerprint density at radius 3 is 2.74 bits per heavy atom. The molecule has 1 aliphatic heterocycles. The monoisotopic (exact) mass is 337 g/mol. The Hall–Kier alpha value is -2.00. The molecule has 0 saturated heterocycles. The van der Waals surface area contributed by atoms with Crippen molar-refractivity contribution >= 4 is 10.0 Å². The molecule has 0 spiro atoms. The van der Waals surface area contributed by atoms with Crippen LogP contribution in [0.5, 0.6) is 6.01 Å². The normalized spacial score (nSPS) is 18.8. The van der Waals surface area contributed by atoms with Crippen molar-refractivity contribution in [2.24, 2.45) is 0 Å². The molecule has 23 heavy (non-hydrogen) atoms. The number of aromatic nitrogens is 4. The van der Waals surface area contributed by atoms with Crippen LogP contribution in [0.1, 0.15) is 25.6 Å². The quantitative estimate of drug-likeness (QED) is 0.803. The first-order valence-electron chi connectivity index (χ1n) is 7.39. The smallest absolute Gasteiger partial charge is 0.316 e. The lowest BCUT2D eigenvalue weighted by Gasteiger charge is -2.33. The number of rotatable bonds is 5. The third kappa shape index (κ3) is 3.20. The summed E-state index contributed by atoms with van der Waals surface area (Å²) in [5, 5.41) is 3.82. The summed E-state index contributed by atoms with van der Waals surface area (Å²) >= 11 is 0. The minimum absolute atomic E-state index is 0.217. The summed E-state index contributed by atoms with van der Waals surface area (Å²) in [5.41, 5.74) is 0.850. The largest absolute Gasteiger partial charge is 0.461 e. The predicted molar refractivity (Wildman–Crippen MR) is 83.3 cm³/mol. The van der Waals surface area contributed by atoms with E-state index in [1.165, 1.54) is 4.31 Å². The van der Waals surface area contributed by atoms with Gasteiger partial charge in [-0.1, -0.05) is 0 Å². The van der Waals surface area contributed by atoms with Crippen molar-refractivity contribution in [2.45, 2.75) is 31.7 Å². The fourth-order valence-electron chi connectivity index (χ4n) is 2.50. The summed E-state index contributed by atoms with van der Waals surface area (Å²) in [4.78, 5) is 8.02. The topological polar surface area (TPSA) is 90.2 Å². The highest BCUT2D eigenvalue weighted by Gasteiger charge is 2.34. The second-order valence-electron chi connectivity index (χ2n) is 5.65. The summed E-state index contributed by atoms with van der Waals surface area (Å²) in [6.07, 6.45) is 4.86. The van der Waals surface area contributed by atoms with Crippen LogP contribution in [0.4, 0.5) is 0 Å². The Bertz CT molecular complexity index is 760. The maximum atomic E-state index is 12.5. The molecule has 124 valence electrons. The van der Waals surface area contributed by atoms with Gasteiger partial charge in [-0.25, -0.2) is 18.4 Å². The lowest BCUT2D eigenvalue weighted by atomic mass is 10.2. The molecular formula is C14H19N5O3S. The molecule has 0 bridgehead atoms. The first-order chi connectivity index (χ1) is 11.0. The number of sulfonamides is 1. The zero-order valence-electron chi connectivity index (χ0n) is 13.0. The van der Waals surface area contributed by atoms with E-state index in [9.17, 15) is 8.42 Å². The van der Waals surface area contributed by atoms with Crippen molar-refractivity contribution in [1.82, 2.24) is 24.1 Å². The van der Waals surface area contributed by atoms with Crippen molar-refractivity contribution in [1.29, 1.82) is 0 Å².